The fourth-order valence-electron chi connectivity index (χ4n) is 1.05. The number of benzene rings is 1. The molecule has 0 aliphatic rings. The molecule has 0 unspecified atom stereocenters. The average Bonchev–Trinajstić information content (AvgIpc) is 2.18. The summed E-state index contributed by atoms with van der Waals surface area (Å²) in [4.78, 5) is 10.4. The third-order valence-electron chi connectivity index (χ3n) is 1.87. The van der Waals surface area contributed by atoms with E-state index in [-0.39, 0.29) is 12.0 Å². The van der Waals surface area contributed by atoms with Gasteiger partial charge < -0.3 is 10.8 Å². The first-order chi connectivity index (χ1) is 6.93. The molecule has 3 nitrogen and oxygen atoms in total. The Balaban J connectivity index is 2.97. The zero-order chi connectivity index (χ0) is 11.6. The summed E-state index contributed by atoms with van der Waals surface area (Å²) < 4.78 is 26.0. The van der Waals surface area contributed by atoms with E-state index >= 15 is 0 Å². The molecule has 15 heavy (non-hydrogen) atoms. The van der Waals surface area contributed by atoms with Gasteiger partial charge in [0.25, 0.3) is 0 Å². The average molecular weight is 236 g/mol. The van der Waals surface area contributed by atoms with E-state index in [2.05, 4.69) is 0 Å². The summed E-state index contributed by atoms with van der Waals surface area (Å²) >= 11 is 5.31. The Labute approximate surface area is 89.5 Å². The first-order valence-electron chi connectivity index (χ1n) is 4.04. The van der Waals surface area contributed by atoms with Gasteiger partial charge in [-0.25, -0.2) is 8.78 Å². The topological polar surface area (TPSA) is 63.3 Å². The monoisotopic (exact) mass is 235 g/mol. The van der Waals surface area contributed by atoms with Crippen molar-refractivity contribution in [2.45, 2.75) is 12.5 Å². The summed E-state index contributed by atoms with van der Waals surface area (Å²) in [7, 11) is 0. The van der Waals surface area contributed by atoms with Crippen LogP contribution in [0.1, 0.15) is 5.56 Å². The van der Waals surface area contributed by atoms with E-state index in [0.29, 0.717) is 0 Å². The molecule has 6 heteroatoms. The summed E-state index contributed by atoms with van der Waals surface area (Å²) in [6, 6.07) is 0.857. The summed E-state index contributed by atoms with van der Waals surface area (Å²) in [5.74, 6) is -3.11. The van der Waals surface area contributed by atoms with E-state index in [1.807, 2.05) is 0 Å². The van der Waals surface area contributed by atoms with Crippen molar-refractivity contribution in [1.29, 1.82) is 0 Å². The maximum Gasteiger partial charge on any atom is 0.320 e. The van der Waals surface area contributed by atoms with Gasteiger partial charge in [0.15, 0.2) is 0 Å². The van der Waals surface area contributed by atoms with Gasteiger partial charge in [0.05, 0.1) is 0 Å². The smallest absolute Gasteiger partial charge is 0.320 e. The van der Waals surface area contributed by atoms with Crippen molar-refractivity contribution in [2.75, 3.05) is 0 Å². The molecular formula is C9H8ClF2NO2. The zero-order valence-corrected chi connectivity index (χ0v) is 8.26. The van der Waals surface area contributed by atoms with E-state index < -0.39 is 28.7 Å². The Kier molecular flexibility index (Phi) is 3.60. The van der Waals surface area contributed by atoms with Crippen LogP contribution in [0.25, 0.3) is 0 Å². The molecule has 0 bridgehead atoms. The molecule has 82 valence electrons. The second kappa shape index (κ2) is 4.55. The normalized spacial score (nSPS) is 12.5. The van der Waals surface area contributed by atoms with Crippen LogP contribution >= 0.6 is 11.6 Å². The van der Waals surface area contributed by atoms with E-state index in [9.17, 15) is 13.6 Å². The largest absolute Gasteiger partial charge is 0.480 e. The standard InChI is InChI=1S/C9H8ClF2NO2/c10-7-5(11)2-1-4(8(7)12)3-6(13)9(14)15/h1-2,6H,3,13H2,(H,14,15)/t6-/m0/s1. The molecule has 1 aromatic carbocycles. The lowest BCUT2D eigenvalue weighted by Crippen LogP contribution is -2.32. The van der Waals surface area contributed by atoms with Crippen molar-refractivity contribution >= 4 is 17.6 Å². The van der Waals surface area contributed by atoms with Crippen molar-refractivity contribution in [3.8, 4) is 0 Å². The summed E-state index contributed by atoms with van der Waals surface area (Å²) in [6.45, 7) is 0. The van der Waals surface area contributed by atoms with Gasteiger partial charge >= 0.3 is 5.97 Å². The van der Waals surface area contributed by atoms with Gasteiger partial charge in [0.2, 0.25) is 0 Å². The molecule has 1 atom stereocenters. The van der Waals surface area contributed by atoms with Gasteiger partial charge in [-0.05, 0) is 11.6 Å². The van der Waals surface area contributed by atoms with Crippen molar-refractivity contribution in [3.05, 3.63) is 34.4 Å². The molecule has 0 saturated heterocycles. The quantitative estimate of drug-likeness (QED) is 0.782. The predicted octanol–water partition coefficient (Wildman–Crippen LogP) is 1.57. The highest BCUT2D eigenvalue weighted by Crippen LogP contribution is 2.22. The first kappa shape index (κ1) is 11.9. The fourth-order valence-corrected chi connectivity index (χ4v) is 1.23. The van der Waals surface area contributed by atoms with Gasteiger partial charge in [-0.2, -0.15) is 0 Å². The van der Waals surface area contributed by atoms with E-state index in [1.165, 1.54) is 0 Å². The van der Waals surface area contributed by atoms with Crippen LogP contribution in [0.15, 0.2) is 12.1 Å². The number of nitrogens with two attached hydrogens (primary N) is 1. The fraction of sp³-hybridized carbons (Fsp3) is 0.222. The minimum absolute atomic E-state index is 0.0173. The van der Waals surface area contributed by atoms with Crippen LogP contribution in [0, 0.1) is 11.6 Å². The van der Waals surface area contributed by atoms with Crippen LogP contribution < -0.4 is 5.73 Å². The van der Waals surface area contributed by atoms with E-state index in [0.717, 1.165) is 12.1 Å². The maximum atomic E-state index is 13.3. The third-order valence-corrected chi connectivity index (χ3v) is 2.22. The minimum Gasteiger partial charge on any atom is -0.480 e. The maximum absolute atomic E-state index is 13.3. The summed E-state index contributed by atoms with van der Waals surface area (Å²) in [5.41, 5.74) is 5.19. The minimum atomic E-state index is -1.25. The Morgan fingerprint density at radius 3 is 2.67 bits per heavy atom. The molecule has 3 N–H and O–H groups in total. The van der Waals surface area contributed by atoms with E-state index in [4.69, 9.17) is 22.4 Å². The Morgan fingerprint density at radius 1 is 1.53 bits per heavy atom. The van der Waals surface area contributed by atoms with Crippen molar-refractivity contribution < 1.29 is 18.7 Å². The lowest BCUT2D eigenvalue weighted by molar-refractivity contribution is -0.138. The van der Waals surface area contributed by atoms with Crippen LogP contribution in [0.5, 0.6) is 0 Å². The highest BCUT2D eigenvalue weighted by Gasteiger charge is 2.17. The zero-order valence-electron chi connectivity index (χ0n) is 7.51. The van der Waals surface area contributed by atoms with Crippen molar-refractivity contribution in [3.63, 3.8) is 0 Å². The summed E-state index contributed by atoms with van der Waals surface area (Å²) in [6.07, 6.45) is -0.235. The predicted molar refractivity (Wildman–Crippen MR) is 50.7 cm³/mol. The molecule has 1 aromatic rings. The number of hydrogen-bond acceptors (Lipinski definition) is 2. The second-order valence-electron chi connectivity index (χ2n) is 2.98. The lowest BCUT2D eigenvalue weighted by Gasteiger charge is -2.08. The summed E-state index contributed by atoms with van der Waals surface area (Å²) in [5, 5.41) is 7.86. The molecule has 0 aromatic heterocycles. The molecule has 0 spiro atoms. The SMILES string of the molecule is N[C@@H](Cc1ccc(F)c(Cl)c1F)C(=O)O. The van der Waals surface area contributed by atoms with Gasteiger partial charge in [-0.1, -0.05) is 17.7 Å². The number of carboxylic acid groups (broad SMARTS) is 1. The van der Waals surface area contributed by atoms with Crippen LogP contribution in [0.2, 0.25) is 5.02 Å². The van der Waals surface area contributed by atoms with Crippen LogP contribution in [-0.2, 0) is 11.2 Å². The second-order valence-corrected chi connectivity index (χ2v) is 3.36. The number of aliphatic carboxylic acids is 1. The molecule has 0 radical (unpaired) electrons. The van der Waals surface area contributed by atoms with Crippen LogP contribution in [0.4, 0.5) is 8.78 Å². The molecular weight excluding hydrogens is 228 g/mol. The van der Waals surface area contributed by atoms with Gasteiger partial charge in [-0.3, -0.25) is 4.79 Å². The van der Waals surface area contributed by atoms with Gasteiger partial charge in [0.1, 0.15) is 22.7 Å². The highest BCUT2D eigenvalue weighted by atomic mass is 35.5. The Bertz CT molecular complexity index is 398. The number of carbonyl (C=O) groups is 1. The molecule has 0 aliphatic carbocycles. The number of hydrogen-bond donors (Lipinski definition) is 2. The van der Waals surface area contributed by atoms with Crippen molar-refractivity contribution in [2.24, 2.45) is 5.73 Å². The lowest BCUT2D eigenvalue weighted by atomic mass is 10.1. The van der Waals surface area contributed by atoms with Crippen molar-refractivity contribution in [1.82, 2.24) is 0 Å². The van der Waals surface area contributed by atoms with Gasteiger partial charge in [-0.15, -0.1) is 0 Å². The molecule has 0 aliphatic heterocycles. The molecule has 0 fully saturated rings. The molecule has 0 heterocycles. The highest BCUT2D eigenvalue weighted by molar-refractivity contribution is 6.30. The van der Waals surface area contributed by atoms with Crippen LogP contribution in [0.3, 0.4) is 0 Å². The molecule has 1 rings (SSSR count). The molecule has 0 saturated carbocycles. The third kappa shape index (κ3) is 2.64. The Morgan fingerprint density at radius 2 is 2.13 bits per heavy atom. The number of halogens is 3. The van der Waals surface area contributed by atoms with E-state index in [1.54, 1.807) is 0 Å². The first-order valence-corrected chi connectivity index (χ1v) is 4.42. The molecule has 0 amide bonds. The number of rotatable bonds is 3. The number of carboxylic acids is 1. The van der Waals surface area contributed by atoms with Gasteiger partial charge in [0, 0.05) is 6.42 Å². The Hall–Kier alpha value is -1.20. The van der Waals surface area contributed by atoms with Crippen LogP contribution in [-0.4, -0.2) is 17.1 Å².